The molecule has 0 bridgehead atoms. The molecule has 22 heavy (non-hydrogen) atoms. The highest BCUT2D eigenvalue weighted by Gasteiger charge is 2.13. The quantitative estimate of drug-likeness (QED) is 0.682. The van der Waals surface area contributed by atoms with Crippen molar-refractivity contribution in [1.29, 1.82) is 0 Å². The molecule has 1 aromatic carbocycles. The minimum absolute atomic E-state index is 0.327. The third-order valence-electron chi connectivity index (χ3n) is 3.30. The second kappa shape index (κ2) is 8.05. The molecule has 2 rings (SSSR count). The minimum atomic E-state index is -0.938. The van der Waals surface area contributed by atoms with E-state index >= 15 is 0 Å². The Labute approximate surface area is 133 Å². The Kier molecular flexibility index (Phi) is 6.09. The number of amides is 1. The smallest absolute Gasteiger partial charge is 0.248 e. The molecule has 0 spiro atoms. The molecule has 6 nitrogen and oxygen atoms in total. The third kappa shape index (κ3) is 4.38. The van der Waals surface area contributed by atoms with E-state index in [2.05, 4.69) is 15.3 Å². The number of benzene rings is 1. The van der Waals surface area contributed by atoms with Crippen LogP contribution in [0.25, 0.3) is 11.0 Å². The lowest BCUT2D eigenvalue weighted by molar-refractivity contribution is -0.129. The maximum atomic E-state index is 11.7. The molecule has 0 aliphatic heterocycles. The van der Waals surface area contributed by atoms with Crippen LogP contribution >= 0.6 is 11.8 Å². The van der Waals surface area contributed by atoms with Gasteiger partial charge in [-0.25, -0.2) is 4.98 Å². The van der Waals surface area contributed by atoms with Crippen LogP contribution in [0.5, 0.6) is 5.75 Å². The average Bonchev–Trinajstić information content (AvgIpc) is 2.93. The third-order valence-corrected chi connectivity index (χ3v) is 3.94. The Morgan fingerprint density at radius 2 is 2.36 bits per heavy atom. The molecule has 1 aromatic heterocycles. The monoisotopic (exact) mass is 323 g/mol. The zero-order valence-electron chi connectivity index (χ0n) is 12.8. The largest absolute Gasteiger partial charge is 0.497 e. The molecule has 0 saturated heterocycles. The standard InChI is InChI=1S/C15H21N3O3S/c1-21-10-3-4-11-12(9-10)18-14(17-11)5-7-16-15(20)13(19)6-8-22-2/h3-4,9,13,19H,5-8H2,1-2H3,(H,16,20)(H,17,18). The predicted octanol–water partition coefficient (Wildman–Crippen LogP) is 1.34. The van der Waals surface area contributed by atoms with Gasteiger partial charge in [0, 0.05) is 19.0 Å². The number of carbonyl (C=O) groups excluding carboxylic acids is 1. The molecular weight excluding hydrogens is 302 g/mol. The van der Waals surface area contributed by atoms with Gasteiger partial charge in [-0.15, -0.1) is 0 Å². The molecule has 1 heterocycles. The fraction of sp³-hybridized carbons (Fsp3) is 0.467. The predicted molar refractivity (Wildman–Crippen MR) is 88.4 cm³/mol. The van der Waals surface area contributed by atoms with E-state index in [9.17, 15) is 9.90 Å². The van der Waals surface area contributed by atoms with Crippen LogP contribution in [-0.4, -0.2) is 52.7 Å². The van der Waals surface area contributed by atoms with Crippen molar-refractivity contribution in [2.24, 2.45) is 0 Å². The van der Waals surface area contributed by atoms with Gasteiger partial charge < -0.3 is 20.1 Å². The zero-order valence-corrected chi connectivity index (χ0v) is 13.6. The molecule has 0 fully saturated rings. The fourth-order valence-corrected chi connectivity index (χ4v) is 2.53. The molecule has 0 radical (unpaired) electrons. The molecular formula is C15H21N3O3S. The Bertz CT molecular complexity index is 630. The van der Waals surface area contributed by atoms with Crippen LogP contribution in [0.2, 0.25) is 0 Å². The molecule has 2 aromatic rings. The highest BCUT2D eigenvalue weighted by molar-refractivity contribution is 7.98. The van der Waals surface area contributed by atoms with Crippen LogP contribution in [0.1, 0.15) is 12.2 Å². The summed E-state index contributed by atoms with van der Waals surface area (Å²) < 4.78 is 5.17. The van der Waals surface area contributed by atoms with Crippen LogP contribution in [-0.2, 0) is 11.2 Å². The van der Waals surface area contributed by atoms with Crippen LogP contribution in [0.15, 0.2) is 18.2 Å². The van der Waals surface area contributed by atoms with Crippen molar-refractivity contribution < 1.29 is 14.6 Å². The number of H-pyrrole nitrogens is 1. The van der Waals surface area contributed by atoms with Crippen LogP contribution in [0.4, 0.5) is 0 Å². The molecule has 3 N–H and O–H groups in total. The van der Waals surface area contributed by atoms with Crippen molar-refractivity contribution in [3.63, 3.8) is 0 Å². The number of rotatable bonds is 8. The van der Waals surface area contributed by atoms with Crippen LogP contribution in [0.3, 0.4) is 0 Å². The summed E-state index contributed by atoms with van der Waals surface area (Å²) >= 11 is 1.61. The lowest BCUT2D eigenvalue weighted by Crippen LogP contribution is -2.36. The number of hydrogen-bond donors (Lipinski definition) is 3. The molecule has 1 amide bonds. The van der Waals surface area contributed by atoms with Gasteiger partial charge in [0.1, 0.15) is 17.7 Å². The number of ether oxygens (including phenoxy) is 1. The maximum Gasteiger partial charge on any atom is 0.248 e. The summed E-state index contributed by atoms with van der Waals surface area (Å²) in [6.45, 7) is 0.437. The lowest BCUT2D eigenvalue weighted by Gasteiger charge is -2.09. The van der Waals surface area contributed by atoms with Gasteiger partial charge in [0.2, 0.25) is 5.91 Å². The summed E-state index contributed by atoms with van der Waals surface area (Å²) in [5, 5.41) is 12.4. The van der Waals surface area contributed by atoms with Crippen molar-refractivity contribution in [2.45, 2.75) is 18.9 Å². The second-order valence-electron chi connectivity index (χ2n) is 4.90. The first-order valence-electron chi connectivity index (χ1n) is 7.11. The SMILES string of the molecule is COc1ccc2nc(CCNC(=O)C(O)CCSC)[nH]c2c1. The Hall–Kier alpha value is -1.73. The van der Waals surface area contributed by atoms with Gasteiger partial charge in [0.15, 0.2) is 0 Å². The maximum absolute atomic E-state index is 11.7. The number of nitrogens with zero attached hydrogens (tertiary/aromatic N) is 1. The average molecular weight is 323 g/mol. The van der Waals surface area contributed by atoms with Crippen molar-refractivity contribution in [3.05, 3.63) is 24.0 Å². The molecule has 120 valence electrons. The van der Waals surface area contributed by atoms with Gasteiger partial charge in [-0.3, -0.25) is 4.79 Å². The van der Waals surface area contributed by atoms with Gasteiger partial charge >= 0.3 is 0 Å². The topological polar surface area (TPSA) is 87.2 Å². The highest BCUT2D eigenvalue weighted by Crippen LogP contribution is 2.18. The van der Waals surface area contributed by atoms with Crippen LogP contribution < -0.4 is 10.1 Å². The van der Waals surface area contributed by atoms with E-state index in [0.29, 0.717) is 19.4 Å². The first-order chi connectivity index (χ1) is 10.6. The summed E-state index contributed by atoms with van der Waals surface area (Å²) in [6, 6.07) is 5.63. The van der Waals surface area contributed by atoms with Gasteiger partial charge in [-0.05, 0) is 30.6 Å². The fourth-order valence-electron chi connectivity index (χ4n) is 2.07. The number of carbonyl (C=O) groups is 1. The first kappa shape index (κ1) is 16.6. The van der Waals surface area contributed by atoms with Gasteiger partial charge in [0.25, 0.3) is 0 Å². The summed E-state index contributed by atoms with van der Waals surface area (Å²) in [4.78, 5) is 19.3. The number of nitrogens with one attached hydrogen (secondary N) is 2. The Balaban J connectivity index is 1.85. The number of aromatic amines is 1. The van der Waals surface area contributed by atoms with E-state index in [1.807, 2.05) is 24.5 Å². The normalized spacial score (nSPS) is 12.3. The van der Waals surface area contributed by atoms with E-state index in [1.165, 1.54) is 0 Å². The molecule has 0 saturated carbocycles. The number of fused-ring (bicyclic) bond motifs is 1. The first-order valence-corrected chi connectivity index (χ1v) is 8.50. The van der Waals surface area contributed by atoms with Crippen molar-refractivity contribution >= 4 is 28.7 Å². The van der Waals surface area contributed by atoms with Gasteiger partial charge in [-0.1, -0.05) is 0 Å². The number of aliphatic hydroxyl groups is 1. The number of hydrogen-bond acceptors (Lipinski definition) is 5. The lowest BCUT2D eigenvalue weighted by atomic mass is 10.2. The summed E-state index contributed by atoms with van der Waals surface area (Å²) in [5.41, 5.74) is 1.77. The van der Waals surface area contributed by atoms with E-state index in [1.54, 1.807) is 18.9 Å². The molecule has 0 aliphatic carbocycles. The molecule has 7 heteroatoms. The number of aliphatic hydroxyl groups excluding tert-OH is 1. The number of aromatic nitrogens is 2. The Morgan fingerprint density at radius 3 is 3.09 bits per heavy atom. The summed E-state index contributed by atoms with van der Waals surface area (Å²) in [7, 11) is 1.62. The zero-order chi connectivity index (χ0) is 15.9. The highest BCUT2D eigenvalue weighted by atomic mass is 32.2. The Morgan fingerprint density at radius 1 is 1.55 bits per heavy atom. The molecule has 1 atom stereocenters. The van der Waals surface area contributed by atoms with Gasteiger partial charge in [-0.2, -0.15) is 11.8 Å². The number of imidazole rings is 1. The summed E-state index contributed by atoms with van der Waals surface area (Å²) in [6.07, 6.45) is 2.06. The van der Waals surface area contributed by atoms with E-state index in [0.717, 1.165) is 28.4 Å². The summed E-state index contributed by atoms with van der Waals surface area (Å²) in [5.74, 6) is 2.00. The van der Waals surface area contributed by atoms with E-state index in [4.69, 9.17) is 4.74 Å². The van der Waals surface area contributed by atoms with E-state index in [-0.39, 0.29) is 5.91 Å². The van der Waals surface area contributed by atoms with Crippen molar-refractivity contribution in [1.82, 2.24) is 15.3 Å². The van der Waals surface area contributed by atoms with Gasteiger partial charge in [0.05, 0.1) is 18.1 Å². The van der Waals surface area contributed by atoms with Crippen molar-refractivity contribution in [3.8, 4) is 5.75 Å². The number of methoxy groups -OCH3 is 1. The minimum Gasteiger partial charge on any atom is -0.497 e. The second-order valence-corrected chi connectivity index (χ2v) is 5.89. The van der Waals surface area contributed by atoms with Crippen LogP contribution in [0, 0.1) is 0 Å². The number of thioether (sulfide) groups is 1. The van der Waals surface area contributed by atoms with Crippen molar-refractivity contribution in [2.75, 3.05) is 25.7 Å². The molecule has 1 unspecified atom stereocenters. The molecule has 0 aliphatic rings. The van der Waals surface area contributed by atoms with E-state index < -0.39 is 6.10 Å².